The maximum absolute atomic E-state index is 12.9. The van der Waals surface area contributed by atoms with Crippen molar-refractivity contribution in [2.24, 2.45) is 10.2 Å². The van der Waals surface area contributed by atoms with E-state index in [0.29, 0.717) is 11.1 Å². The van der Waals surface area contributed by atoms with Crippen molar-refractivity contribution >= 4 is 11.5 Å². The molecule has 0 saturated carbocycles. The quantitative estimate of drug-likeness (QED) is 0.862. The Balaban J connectivity index is 2.34. The Morgan fingerprint density at radius 2 is 2.10 bits per heavy atom. The summed E-state index contributed by atoms with van der Waals surface area (Å²) in [6, 6.07) is 5.76. The molecule has 0 atom stereocenters. The van der Waals surface area contributed by atoms with E-state index in [1.165, 1.54) is 18.2 Å². The van der Waals surface area contributed by atoms with E-state index in [-0.39, 0.29) is 30.4 Å². The first-order valence-electron chi connectivity index (χ1n) is 6.06. The van der Waals surface area contributed by atoms with Crippen LogP contribution < -0.4 is 0 Å². The molecule has 1 heterocycles. The molecule has 20 heavy (non-hydrogen) atoms. The lowest BCUT2D eigenvalue weighted by molar-refractivity contribution is -0.138. The van der Waals surface area contributed by atoms with Gasteiger partial charge in [0.15, 0.2) is 5.76 Å². The van der Waals surface area contributed by atoms with Crippen LogP contribution in [-0.4, -0.2) is 24.2 Å². The minimum Gasteiger partial charge on any atom is -0.505 e. The molecule has 0 aliphatic carbocycles. The predicted molar refractivity (Wildman–Crippen MR) is 70.4 cm³/mol. The number of benzene rings is 1. The smallest absolute Gasteiger partial charge is 0.362 e. The minimum atomic E-state index is -0.731. The van der Waals surface area contributed by atoms with Gasteiger partial charge in [0.1, 0.15) is 5.82 Å². The van der Waals surface area contributed by atoms with Gasteiger partial charge in [0, 0.05) is 0 Å². The zero-order valence-electron chi connectivity index (χ0n) is 10.8. The largest absolute Gasteiger partial charge is 0.505 e. The number of hydrogen-bond donors (Lipinski definition) is 1. The summed E-state index contributed by atoms with van der Waals surface area (Å²) >= 11 is 0. The average Bonchev–Trinajstić information content (AvgIpc) is 2.62. The van der Waals surface area contributed by atoms with Crippen molar-refractivity contribution in [1.82, 2.24) is 0 Å². The molecule has 1 aliphatic heterocycles. The van der Waals surface area contributed by atoms with Crippen LogP contribution in [0.4, 0.5) is 4.39 Å². The van der Waals surface area contributed by atoms with Gasteiger partial charge in [0.2, 0.25) is 5.70 Å². The third-order valence-electron chi connectivity index (χ3n) is 2.65. The number of azo groups is 1. The van der Waals surface area contributed by atoms with Crippen LogP contribution in [0.15, 0.2) is 52.0 Å². The van der Waals surface area contributed by atoms with E-state index in [9.17, 15) is 14.3 Å². The van der Waals surface area contributed by atoms with Gasteiger partial charge in [-0.05, 0) is 36.3 Å². The Labute approximate surface area is 115 Å². The van der Waals surface area contributed by atoms with Gasteiger partial charge < -0.3 is 9.84 Å². The molecule has 0 bridgehead atoms. The molecule has 0 amide bonds. The maximum atomic E-state index is 12.9. The zero-order chi connectivity index (χ0) is 14.5. The molecule has 5 nitrogen and oxygen atoms in total. The first-order valence-corrected chi connectivity index (χ1v) is 6.06. The molecule has 1 aromatic rings. The number of aliphatic hydroxyl groups excluding tert-OH is 1. The van der Waals surface area contributed by atoms with E-state index < -0.39 is 5.97 Å². The second kappa shape index (κ2) is 6.10. The third-order valence-corrected chi connectivity index (χ3v) is 2.65. The molecule has 0 fully saturated rings. The molecule has 0 aromatic heterocycles. The highest BCUT2D eigenvalue weighted by Gasteiger charge is 2.18. The van der Waals surface area contributed by atoms with E-state index in [2.05, 4.69) is 10.2 Å². The summed E-state index contributed by atoms with van der Waals surface area (Å²) in [5.74, 6) is -1.40. The fraction of sp³-hybridized carbons (Fsp3) is 0.214. The van der Waals surface area contributed by atoms with E-state index in [1.807, 2.05) is 0 Å². The van der Waals surface area contributed by atoms with Crippen LogP contribution in [0.1, 0.15) is 12.5 Å². The Morgan fingerprint density at radius 3 is 2.75 bits per heavy atom. The average molecular weight is 276 g/mol. The van der Waals surface area contributed by atoms with Crippen LogP contribution >= 0.6 is 0 Å². The van der Waals surface area contributed by atoms with Crippen molar-refractivity contribution in [2.45, 2.75) is 6.92 Å². The molecular weight excluding hydrogens is 263 g/mol. The molecule has 0 spiro atoms. The van der Waals surface area contributed by atoms with Crippen molar-refractivity contribution in [3.8, 4) is 0 Å². The molecule has 0 saturated heterocycles. The second-order valence-corrected chi connectivity index (χ2v) is 4.03. The van der Waals surface area contributed by atoms with E-state index in [0.717, 1.165) is 0 Å². The monoisotopic (exact) mass is 276 g/mol. The highest BCUT2D eigenvalue weighted by Crippen LogP contribution is 2.22. The normalized spacial score (nSPS) is 14.8. The van der Waals surface area contributed by atoms with Gasteiger partial charge >= 0.3 is 5.97 Å². The van der Waals surface area contributed by atoms with E-state index in [1.54, 1.807) is 19.1 Å². The number of ether oxygens (including phenoxy) is 1. The standard InChI is InChI=1S/C14H13FN2O3/c1-2-20-14(19)13-12(18)7-10(8-16-17-13)9-3-5-11(15)6-4-9/h3-7,18H,2,8H2,1H3. The van der Waals surface area contributed by atoms with Gasteiger partial charge in [0.05, 0.1) is 13.2 Å². The summed E-state index contributed by atoms with van der Waals surface area (Å²) in [7, 11) is 0. The highest BCUT2D eigenvalue weighted by atomic mass is 19.1. The van der Waals surface area contributed by atoms with Crippen LogP contribution in [0.3, 0.4) is 0 Å². The SMILES string of the molecule is CCOC(=O)C1=C(O)C=C(c2ccc(F)cc2)CN=N1. The molecular formula is C14H13FN2O3. The summed E-state index contributed by atoms with van der Waals surface area (Å²) in [6.45, 7) is 2.02. The first kappa shape index (κ1) is 13.9. The predicted octanol–water partition coefficient (Wildman–Crippen LogP) is 3.01. The van der Waals surface area contributed by atoms with Crippen molar-refractivity contribution in [3.05, 3.63) is 53.2 Å². The van der Waals surface area contributed by atoms with E-state index in [4.69, 9.17) is 4.74 Å². The molecule has 1 aromatic carbocycles. The van der Waals surface area contributed by atoms with Crippen LogP contribution in [0.25, 0.3) is 5.57 Å². The number of aliphatic hydroxyl groups is 1. The molecule has 1 N–H and O–H groups in total. The van der Waals surface area contributed by atoms with Crippen LogP contribution in [0.2, 0.25) is 0 Å². The fourth-order valence-corrected chi connectivity index (χ4v) is 1.70. The van der Waals surface area contributed by atoms with Crippen LogP contribution in [0.5, 0.6) is 0 Å². The highest BCUT2D eigenvalue weighted by molar-refractivity contribution is 5.89. The van der Waals surface area contributed by atoms with Crippen LogP contribution in [-0.2, 0) is 9.53 Å². The number of hydrogen-bond acceptors (Lipinski definition) is 5. The molecule has 1 aliphatic rings. The van der Waals surface area contributed by atoms with Crippen molar-refractivity contribution in [2.75, 3.05) is 13.2 Å². The van der Waals surface area contributed by atoms with Gasteiger partial charge in [-0.1, -0.05) is 12.1 Å². The number of carbonyl (C=O) groups excluding carboxylic acids is 1. The Morgan fingerprint density at radius 1 is 1.40 bits per heavy atom. The number of esters is 1. The molecule has 0 unspecified atom stereocenters. The summed E-state index contributed by atoms with van der Waals surface area (Å²) in [5.41, 5.74) is 1.09. The minimum absolute atomic E-state index is 0.179. The number of allylic oxidation sites excluding steroid dienone is 1. The Bertz CT molecular complexity index is 603. The van der Waals surface area contributed by atoms with Gasteiger partial charge in [-0.3, -0.25) is 0 Å². The number of carbonyl (C=O) groups is 1. The Kier molecular flexibility index (Phi) is 4.24. The summed E-state index contributed by atoms with van der Waals surface area (Å²) in [5, 5.41) is 17.4. The summed E-state index contributed by atoms with van der Waals surface area (Å²) in [6.07, 6.45) is 1.39. The number of rotatable bonds is 3. The van der Waals surface area contributed by atoms with Gasteiger partial charge in [-0.15, -0.1) is 5.11 Å². The van der Waals surface area contributed by atoms with Crippen molar-refractivity contribution in [3.63, 3.8) is 0 Å². The molecule has 2 rings (SSSR count). The third kappa shape index (κ3) is 3.09. The topological polar surface area (TPSA) is 71.2 Å². The lowest BCUT2D eigenvalue weighted by Gasteiger charge is -2.03. The zero-order valence-corrected chi connectivity index (χ0v) is 10.8. The fourth-order valence-electron chi connectivity index (χ4n) is 1.70. The van der Waals surface area contributed by atoms with Crippen molar-refractivity contribution in [1.29, 1.82) is 0 Å². The molecule has 104 valence electrons. The van der Waals surface area contributed by atoms with Crippen LogP contribution in [0, 0.1) is 5.82 Å². The lowest BCUT2D eigenvalue weighted by atomic mass is 10.1. The summed E-state index contributed by atoms with van der Waals surface area (Å²) < 4.78 is 17.7. The van der Waals surface area contributed by atoms with E-state index >= 15 is 0 Å². The molecule has 6 heteroatoms. The number of nitrogens with zero attached hydrogens (tertiary/aromatic N) is 2. The lowest BCUT2D eigenvalue weighted by Crippen LogP contribution is -2.07. The van der Waals surface area contributed by atoms with Gasteiger partial charge in [-0.25, -0.2) is 9.18 Å². The molecule has 0 radical (unpaired) electrons. The van der Waals surface area contributed by atoms with Crippen molar-refractivity contribution < 1.29 is 19.0 Å². The first-order chi connectivity index (χ1) is 9.61. The second-order valence-electron chi connectivity index (χ2n) is 4.03. The Hall–Kier alpha value is -2.50. The maximum Gasteiger partial charge on any atom is 0.362 e. The number of halogens is 1. The van der Waals surface area contributed by atoms with Gasteiger partial charge in [0.25, 0.3) is 0 Å². The summed E-state index contributed by atoms with van der Waals surface area (Å²) in [4.78, 5) is 11.6. The van der Waals surface area contributed by atoms with Gasteiger partial charge in [-0.2, -0.15) is 5.11 Å².